The van der Waals surface area contributed by atoms with E-state index in [0.29, 0.717) is 17.0 Å². The van der Waals surface area contributed by atoms with Crippen LogP contribution in [0.4, 0.5) is 5.69 Å². The van der Waals surface area contributed by atoms with Crippen LogP contribution in [0.25, 0.3) is 0 Å². The van der Waals surface area contributed by atoms with Crippen molar-refractivity contribution in [3.63, 3.8) is 0 Å². The number of ether oxygens (including phenoxy) is 3. The number of rotatable bonds is 5. The SMILES string of the molecule is CC.CC.CC.CC.CC(=O)OCc1ccc(OC2CC(O)C(O)C(CO)O2)c(N)c1. The lowest BCUT2D eigenvalue weighted by molar-refractivity contribution is -0.229. The Labute approximate surface area is 188 Å². The second kappa shape index (κ2) is 21.4. The predicted octanol–water partition coefficient (Wildman–Crippen LogP) is 3.64. The zero-order valence-electron chi connectivity index (χ0n) is 20.7. The molecule has 0 bridgehead atoms. The summed E-state index contributed by atoms with van der Waals surface area (Å²) in [7, 11) is 0. The molecular weight excluding hydrogens is 402 g/mol. The number of aliphatic hydroxyl groups is 3. The van der Waals surface area contributed by atoms with Gasteiger partial charge in [0.25, 0.3) is 0 Å². The lowest BCUT2D eigenvalue weighted by Gasteiger charge is -2.36. The van der Waals surface area contributed by atoms with Crippen molar-refractivity contribution in [3.05, 3.63) is 23.8 Å². The number of anilines is 1. The van der Waals surface area contributed by atoms with Crippen LogP contribution in [0, 0.1) is 0 Å². The molecule has 31 heavy (non-hydrogen) atoms. The van der Waals surface area contributed by atoms with Gasteiger partial charge in [0, 0.05) is 13.3 Å². The van der Waals surface area contributed by atoms with E-state index in [9.17, 15) is 15.0 Å². The van der Waals surface area contributed by atoms with Gasteiger partial charge >= 0.3 is 5.97 Å². The molecule has 5 N–H and O–H groups in total. The smallest absolute Gasteiger partial charge is 0.302 e. The lowest BCUT2D eigenvalue weighted by Crippen LogP contribution is -2.51. The first kappa shape index (κ1) is 33.8. The van der Waals surface area contributed by atoms with Crippen molar-refractivity contribution in [2.45, 2.75) is 99.9 Å². The highest BCUT2D eigenvalue weighted by Crippen LogP contribution is 2.28. The molecule has 1 aliphatic rings. The third-order valence-electron chi connectivity index (χ3n) is 3.49. The molecular formula is C23H45NO7. The van der Waals surface area contributed by atoms with Crippen LogP contribution in [0.15, 0.2) is 18.2 Å². The van der Waals surface area contributed by atoms with Gasteiger partial charge in [0.05, 0.1) is 18.4 Å². The molecule has 4 unspecified atom stereocenters. The summed E-state index contributed by atoms with van der Waals surface area (Å²) in [4.78, 5) is 10.8. The lowest BCUT2D eigenvalue weighted by atomic mass is 10.0. The fraction of sp³-hybridized carbons (Fsp3) is 0.696. The molecule has 8 nitrogen and oxygen atoms in total. The van der Waals surface area contributed by atoms with Crippen molar-refractivity contribution in [1.82, 2.24) is 0 Å². The van der Waals surface area contributed by atoms with Crippen molar-refractivity contribution in [1.29, 1.82) is 0 Å². The Morgan fingerprint density at radius 3 is 2.10 bits per heavy atom. The van der Waals surface area contributed by atoms with Crippen LogP contribution in [0.5, 0.6) is 5.75 Å². The highest BCUT2D eigenvalue weighted by molar-refractivity contribution is 5.66. The van der Waals surface area contributed by atoms with E-state index in [1.54, 1.807) is 18.2 Å². The van der Waals surface area contributed by atoms with Crippen molar-refractivity contribution >= 4 is 11.7 Å². The Hall–Kier alpha value is -1.87. The summed E-state index contributed by atoms with van der Waals surface area (Å²) >= 11 is 0. The summed E-state index contributed by atoms with van der Waals surface area (Å²) in [5.41, 5.74) is 6.92. The molecule has 1 fully saturated rings. The first-order valence-corrected chi connectivity index (χ1v) is 11.2. The van der Waals surface area contributed by atoms with Gasteiger partial charge in [-0.15, -0.1) is 0 Å². The van der Waals surface area contributed by atoms with Crippen LogP contribution in [0.2, 0.25) is 0 Å². The highest BCUT2D eigenvalue weighted by Gasteiger charge is 2.37. The molecule has 0 radical (unpaired) electrons. The van der Waals surface area contributed by atoms with E-state index in [0.717, 1.165) is 0 Å². The second-order valence-electron chi connectivity index (χ2n) is 5.35. The van der Waals surface area contributed by atoms with Gasteiger partial charge in [0.2, 0.25) is 6.29 Å². The highest BCUT2D eigenvalue weighted by atomic mass is 16.7. The van der Waals surface area contributed by atoms with Gasteiger partial charge in [-0.1, -0.05) is 61.5 Å². The summed E-state index contributed by atoms with van der Waals surface area (Å²) in [6, 6.07) is 4.89. The third-order valence-corrected chi connectivity index (χ3v) is 3.49. The Balaban J connectivity index is -0.000000879. The van der Waals surface area contributed by atoms with Crippen molar-refractivity contribution in [2.75, 3.05) is 12.3 Å². The van der Waals surface area contributed by atoms with E-state index in [2.05, 4.69) is 0 Å². The second-order valence-corrected chi connectivity index (χ2v) is 5.35. The predicted molar refractivity (Wildman–Crippen MR) is 125 cm³/mol. The Morgan fingerprint density at radius 2 is 1.65 bits per heavy atom. The van der Waals surface area contributed by atoms with Crippen LogP contribution < -0.4 is 10.5 Å². The van der Waals surface area contributed by atoms with Gasteiger partial charge in [-0.2, -0.15) is 0 Å². The maximum Gasteiger partial charge on any atom is 0.302 e. The third kappa shape index (κ3) is 13.2. The molecule has 2 rings (SSSR count). The molecule has 8 heteroatoms. The number of carbonyl (C=O) groups excluding carboxylic acids is 1. The average Bonchev–Trinajstić information content (AvgIpc) is 2.81. The minimum atomic E-state index is -1.16. The summed E-state index contributed by atoms with van der Waals surface area (Å²) in [5.74, 6) is -0.0519. The zero-order valence-corrected chi connectivity index (χ0v) is 20.7. The molecule has 0 aromatic heterocycles. The van der Waals surface area contributed by atoms with Gasteiger partial charge in [-0.05, 0) is 17.7 Å². The minimum Gasteiger partial charge on any atom is -0.463 e. The van der Waals surface area contributed by atoms with Gasteiger partial charge in [-0.25, -0.2) is 0 Å². The van der Waals surface area contributed by atoms with E-state index in [-0.39, 0.29) is 19.0 Å². The van der Waals surface area contributed by atoms with Crippen LogP contribution in [0.3, 0.4) is 0 Å². The maximum absolute atomic E-state index is 10.8. The summed E-state index contributed by atoms with van der Waals surface area (Å²) in [5, 5.41) is 28.6. The quantitative estimate of drug-likeness (QED) is 0.397. The van der Waals surface area contributed by atoms with Crippen molar-refractivity contribution in [3.8, 4) is 5.75 Å². The molecule has 0 aliphatic carbocycles. The number of nitrogen functional groups attached to an aromatic ring is 1. The summed E-state index contributed by atoms with van der Waals surface area (Å²) in [6.07, 6.45) is -3.94. The fourth-order valence-electron chi connectivity index (χ4n) is 2.26. The molecule has 1 aliphatic heterocycles. The molecule has 1 aromatic carbocycles. The Kier molecular flexibility index (Phi) is 23.3. The monoisotopic (exact) mass is 447 g/mol. The number of nitrogens with two attached hydrogens (primary N) is 1. The largest absolute Gasteiger partial charge is 0.463 e. The van der Waals surface area contributed by atoms with Gasteiger partial charge in [-0.3, -0.25) is 4.79 Å². The van der Waals surface area contributed by atoms with E-state index < -0.39 is 31.2 Å². The number of esters is 1. The van der Waals surface area contributed by atoms with Crippen LogP contribution in [0.1, 0.15) is 74.3 Å². The number of aliphatic hydroxyl groups excluding tert-OH is 3. The van der Waals surface area contributed by atoms with Crippen molar-refractivity contribution < 1.29 is 34.3 Å². The Bertz CT molecular complexity index is 555. The standard InChI is InChI=1S/C15H21NO7.4C2H6/c1-8(18)21-7-9-2-3-12(10(16)4-9)22-14-5-11(19)15(20)13(6-17)23-14;4*1-2/h2-4,11,13-15,17,19-20H,5-7,16H2,1H3;4*1-2H3. The van der Waals surface area contributed by atoms with E-state index >= 15 is 0 Å². The van der Waals surface area contributed by atoms with Crippen LogP contribution >= 0.6 is 0 Å². The summed E-state index contributed by atoms with van der Waals surface area (Å²) < 4.78 is 15.8. The molecule has 1 saturated heterocycles. The van der Waals surface area contributed by atoms with Crippen LogP contribution in [-0.2, 0) is 20.9 Å². The number of carbonyl (C=O) groups is 1. The van der Waals surface area contributed by atoms with Gasteiger partial charge < -0.3 is 35.3 Å². The normalized spacial score (nSPS) is 21.2. The molecule has 1 aromatic rings. The molecule has 0 saturated carbocycles. The first-order valence-electron chi connectivity index (χ1n) is 11.2. The maximum atomic E-state index is 10.8. The topological polar surface area (TPSA) is 131 Å². The molecule has 1 heterocycles. The molecule has 184 valence electrons. The first-order chi connectivity index (χ1) is 14.9. The molecule has 0 amide bonds. The fourth-order valence-corrected chi connectivity index (χ4v) is 2.26. The minimum absolute atomic E-state index is 0.0479. The van der Waals surface area contributed by atoms with Crippen LogP contribution in [-0.4, -0.2) is 52.5 Å². The van der Waals surface area contributed by atoms with Gasteiger partial charge in [0.1, 0.15) is 24.6 Å². The van der Waals surface area contributed by atoms with E-state index in [1.807, 2.05) is 55.4 Å². The average molecular weight is 448 g/mol. The Morgan fingerprint density at radius 1 is 1.10 bits per heavy atom. The molecule has 4 atom stereocenters. The van der Waals surface area contributed by atoms with E-state index in [4.69, 9.17) is 25.1 Å². The number of hydrogen-bond acceptors (Lipinski definition) is 8. The number of hydrogen-bond donors (Lipinski definition) is 4. The zero-order chi connectivity index (χ0) is 25.0. The van der Waals surface area contributed by atoms with E-state index in [1.165, 1.54) is 6.92 Å². The van der Waals surface area contributed by atoms with Crippen molar-refractivity contribution in [2.24, 2.45) is 0 Å². The molecule has 0 spiro atoms. The summed E-state index contributed by atoms with van der Waals surface area (Å²) in [6.45, 7) is 17.0. The number of benzene rings is 1. The van der Waals surface area contributed by atoms with Gasteiger partial charge in [0.15, 0.2) is 0 Å².